The Morgan fingerprint density at radius 3 is 2.70 bits per heavy atom. The zero-order chi connectivity index (χ0) is 19.8. The van der Waals surface area contributed by atoms with Crippen molar-refractivity contribution in [3.05, 3.63) is 23.8 Å². The molecule has 3 fully saturated rings. The van der Waals surface area contributed by atoms with E-state index < -0.39 is 16.4 Å². The maximum absolute atomic E-state index is 13.4. The largest absolute Gasteiger partial charge is 0.381 e. The van der Waals surface area contributed by atoms with Crippen molar-refractivity contribution < 1.29 is 19.5 Å². The van der Waals surface area contributed by atoms with Gasteiger partial charge >= 0.3 is 0 Å². The van der Waals surface area contributed by atoms with E-state index in [0.717, 1.165) is 24.8 Å². The minimum atomic E-state index is -1.55. The summed E-state index contributed by atoms with van der Waals surface area (Å²) in [5.41, 5.74) is -1.71. The molecule has 0 aromatic carbocycles. The summed E-state index contributed by atoms with van der Waals surface area (Å²) in [4.78, 5) is 37.9. The van der Waals surface area contributed by atoms with Gasteiger partial charge in [-0.15, -0.1) is 11.6 Å². The number of allylic oxidation sites excluding steroid dienone is 4. The van der Waals surface area contributed by atoms with Gasteiger partial charge in [-0.05, 0) is 49.2 Å². The Balaban J connectivity index is 1.79. The van der Waals surface area contributed by atoms with Gasteiger partial charge in [0.2, 0.25) is 0 Å². The van der Waals surface area contributed by atoms with Crippen LogP contribution in [0.15, 0.2) is 23.8 Å². The molecule has 0 saturated heterocycles. The number of fused-ring (bicyclic) bond motifs is 5. The summed E-state index contributed by atoms with van der Waals surface area (Å²) >= 11 is 5.84. The molecule has 4 aliphatic carbocycles. The molecule has 146 valence electrons. The molecule has 0 spiro atoms. The molecule has 0 aliphatic heterocycles. The van der Waals surface area contributed by atoms with Crippen molar-refractivity contribution in [1.29, 1.82) is 0 Å². The number of hydrogen-bond donors (Lipinski definition) is 1. The second-order valence-electron chi connectivity index (χ2n) is 9.50. The fourth-order valence-electron chi connectivity index (χ4n) is 7.06. The average Bonchev–Trinajstić information content (AvgIpc) is 2.82. The number of aliphatic hydroxyl groups is 1. The van der Waals surface area contributed by atoms with Gasteiger partial charge in [-0.3, -0.25) is 14.4 Å². The van der Waals surface area contributed by atoms with Crippen LogP contribution < -0.4 is 0 Å². The molecule has 4 rings (SSSR count). The second-order valence-corrected chi connectivity index (χ2v) is 9.76. The molecule has 0 heterocycles. The summed E-state index contributed by atoms with van der Waals surface area (Å²) in [6.45, 7) is 5.88. The second kappa shape index (κ2) is 5.87. The Bertz CT molecular complexity index is 798. The van der Waals surface area contributed by atoms with Gasteiger partial charge in [0.05, 0.1) is 5.88 Å². The zero-order valence-electron chi connectivity index (χ0n) is 16.1. The third kappa shape index (κ3) is 2.23. The van der Waals surface area contributed by atoms with Gasteiger partial charge in [0.25, 0.3) is 0 Å². The van der Waals surface area contributed by atoms with Crippen LogP contribution in [0, 0.1) is 34.5 Å². The van der Waals surface area contributed by atoms with Gasteiger partial charge in [-0.25, -0.2) is 0 Å². The van der Waals surface area contributed by atoms with Crippen LogP contribution in [0.5, 0.6) is 0 Å². The van der Waals surface area contributed by atoms with E-state index in [2.05, 4.69) is 6.92 Å². The molecule has 4 aliphatic rings. The molecule has 1 N–H and O–H groups in total. The summed E-state index contributed by atoms with van der Waals surface area (Å²) in [6, 6.07) is 0. The van der Waals surface area contributed by atoms with Gasteiger partial charge in [-0.1, -0.05) is 32.4 Å². The summed E-state index contributed by atoms with van der Waals surface area (Å²) in [5.74, 6) is -0.724. The topological polar surface area (TPSA) is 71.4 Å². The molecule has 0 aromatic rings. The minimum absolute atomic E-state index is 0.00871. The Labute approximate surface area is 165 Å². The number of Topliss-reactive ketones (excluding diaryl/α,β-unsaturated/α-hetero) is 2. The van der Waals surface area contributed by atoms with E-state index in [1.54, 1.807) is 12.2 Å². The quantitative estimate of drug-likeness (QED) is 0.734. The first-order chi connectivity index (χ1) is 12.6. The summed E-state index contributed by atoms with van der Waals surface area (Å²) in [6.07, 6.45) is 7.70. The number of ketones is 3. The molecule has 27 heavy (non-hydrogen) atoms. The number of hydrogen-bond acceptors (Lipinski definition) is 4. The molecule has 0 aromatic heterocycles. The molecular formula is C22H27ClO4. The molecule has 0 bridgehead atoms. The van der Waals surface area contributed by atoms with Gasteiger partial charge in [0.1, 0.15) is 11.4 Å². The van der Waals surface area contributed by atoms with Crippen LogP contribution >= 0.6 is 11.6 Å². The van der Waals surface area contributed by atoms with E-state index in [-0.39, 0.29) is 53.3 Å². The van der Waals surface area contributed by atoms with Gasteiger partial charge in [0, 0.05) is 23.2 Å². The monoisotopic (exact) mass is 390 g/mol. The predicted octanol–water partition coefficient (Wildman–Crippen LogP) is 3.26. The van der Waals surface area contributed by atoms with E-state index >= 15 is 0 Å². The summed E-state index contributed by atoms with van der Waals surface area (Å²) in [5, 5.41) is 11.5. The third-order valence-electron chi connectivity index (χ3n) is 8.38. The van der Waals surface area contributed by atoms with Crippen molar-refractivity contribution in [2.24, 2.45) is 34.5 Å². The lowest BCUT2D eigenvalue weighted by molar-refractivity contribution is -0.169. The van der Waals surface area contributed by atoms with Crippen molar-refractivity contribution in [2.45, 2.75) is 52.1 Å². The fraction of sp³-hybridized carbons (Fsp3) is 0.682. The van der Waals surface area contributed by atoms with Gasteiger partial charge in [-0.2, -0.15) is 0 Å². The van der Waals surface area contributed by atoms with Crippen LogP contribution in [0.1, 0.15) is 46.5 Å². The van der Waals surface area contributed by atoms with Crippen LogP contribution in [0.3, 0.4) is 0 Å². The smallest absolute Gasteiger partial charge is 0.179 e. The lowest BCUT2D eigenvalue weighted by Crippen LogP contribution is -2.61. The number of carbonyl (C=O) groups excluding carboxylic acids is 3. The molecule has 7 atom stereocenters. The molecular weight excluding hydrogens is 364 g/mol. The number of alkyl halides is 1. The minimum Gasteiger partial charge on any atom is -0.381 e. The highest BCUT2D eigenvalue weighted by Crippen LogP contribution is 2.67. The first-order valence-electron chi connectivity index (χ1n) is 9.88. The molecule has 0 amide bonds. The Hall–Kier alpha value is -1.26. The van der Waals surface area contributed by atoms with E-state index in [1.165, 1.54) is 0 Å². The normalized spacial score (nSPS) is 48.6. The maximum atomic E-state index is 13.4. The third-order valence-corrected chi connectivity index (χ3v) is 8.63. The van der Waals surface area contributed by atoms with E-state index in [4.69, 9.17) is 11.6 Å². The molecule has 4 nitrogen and oxygen atoms in total. The van der Waals surface area contributed by atoms with Crippen molar-refractivity contribution in [3.63, 3.8) is 0 Å². The van der Waals surface area contributed by atoms with Crippen LogP contribution in [0.2, 0.25) is 0 Å². The average molecular weight is 391 g/mol. The van der Waals surface area contributed by atoms with Crippen LogP contribution in [0.4, 0.5) is 0 Å². The lowest BCUT2D eigenvalue weighted by atomic mass is 9.46. The van der Waals surface area contributed by atoms with Crippen LogP contribution in [-0.2, 0) is 14.4 Å². The molecule has 3 saturated carbocycles. The van der Waals surface area contributed by atoms with E-state index in [1.807, 2.05) is 19.9 Å². The van der Waals surface area contributed by atoms with Crippen LogP contribution in [0.25, 0.3) is 0 Å². The first kappa shape index (κ1) is 19.1. The SMILES string of the molecule is C[C@@H]1C[C@H]2[C@@H]3CCC4=CC(=O)C=C[C@]4(C)[C@H]3C(=O)C[C@]2(C)[C@@]1(O)C(=O)CCl. The highest BCUT2D eigenvalue weighted by Gasteiger charge is 2.70. The first-order valence-corrected chi connectivity index (χ1v) is 10.4. The maximum Gasteiger partial charge on any atom is 0.179 e. The summed E-state index contributed by atoms with van der Waals surface area (Å²) in [7, 11) is 0. The fourth-order valence-corrected chi connectivity index (χ4v) is 7.26. The molecule has 0 unspecified atom stereocenters. The Kier molecular flexibility index (Phi) is 4.15. The Morgan fingerprint density at radius 1 is 1.33 bits per heavy atom. The van der Waals surface area contributed by atoms with Gasteiger partial charge in [0.15, 0.2) is 11.6 Å². The number of carbonyl (C=O) groups is 3. The zero-order valence-corrected chi connectivity index (χ0v) is 16.9. The van der Waals surface area contributed by atoms with Crippen LogP contribution in [-0.4, -0.2) is 33.9 Å². The van der Waals surface area contributed by atoms with Crippen molar-refractivity contribution in [1.82, 2.24) is 0 Å². The standard InChI is InChI=1S/C22H27ClO4/c1-12-8-16-15-5-4-13-9-14(24)6-7-20(13,2)19(15)17(25)10-21(16,3)22(12,27)18(26)11-23/h6-7,9,12,15-16,19,27H,4-5,8,10-11H2,1-3H3/t12-,15+,16+,19-,20+,21+,22+/m1/s1. The highest BCUT2D eigenvalue weighted by molar-refractivity contribution is 6.29. The van der Waals surface area contributed by atoms with E-state index in [0.29, 0.717) is 0 Å². The Morgan fingerprint density at radius 2 is 2.04 bits per heavy atom. The number of rotatable bonds is 2. The molecule has 5 heteroatoms. The van der Waals surface area contributed by atoms with Gasteiger partial charge < -0.3 is 5.11 Å². The molecule has 0 radical (unpaired) electrons. The lowest BCUT2D eigenvalue weighted by Gasteiger charge is -2.56. The van der Waals surface area contributed by atoms with Crippen molar-refractivity contribution >= 4 is 29.0 Å². The van der Waals surface area contributed by atoms with Crippen molar-refractivity contribution in [2.75, 3.05) is 5.88 Å². The number of halogens is 1. The predicted molar refractivity (Wildman–Crippen MR) is 102 cm³/mol. The summed E-state index contributed by atoms with van der Waals surface area (Å²) < 4.78 is 0. The van der Waals surface area contributed by atoms with E-state index in [9.17, 15) is 19.5 Å². The van der Waals surface area contributed by atoms with Crippen molar-refractivity contribution in [3.8, 4) is 0 Å². The highest BCUT2D eigenvalue weighted by atomic mass is 35.5.